The smallest absolute Gasteiger partial charge is 0.251 e. The number of rotatable bonds is 6. The average Bonchev–Trinajstić information content (AvgIpc) is 3.13. The number of amides is 1. The fourth-order valence-corrected chi connectivity index (χ4v) is 3.67. The van der Waals surface area contributed by atoms with Crippen molar-refractivity contribution in [2.75, 3.05) is 7.11 Å². The summed E-state index contributed by atoms with van der Waals surface area (Å²) in [7, 11) is 1.65. The Morgan fingerprint density at radius 3 is 2.60 bits per heavy atom. The van der Waals surface area contributed by atoms with Crippen LogP contribution in [-0.4, -0.2) is 22.6 Å². The molecule has 0 spiro atoms. The lowest BCUT2D eigenvalue weighted by molar-refractivity contribution is 0.0937. The van der Waals surface area contributed by atoms with E-state index in [1.807, 2.05) is 55.5 Å². The topological polar surface area (TPSA) is 56.1 Å². The maximum atomic E-state index is 12.7. The number of nitrogens with zero attached hydrogens (tertiary/aromatic N) is 2. The van der Waals surface area contributed by atoms with Gasteiger partial charge in [0, 0.05) is 17.1 Å². The molecule has 152 valence electrons. The van der Waals surface area contributed by atoms with Crippen molar-refractivity contribution in [3.63, 3.8) is 0 Å². The number of aromatic nitrogens is 2. The van der Waals surface area contributed by atoms with Crippen LogP contribution in [0.2, 0.25) is 5.02 Å². The highest BCUT2D eigenvalue weighted by molar-refractivity contribution is 6.30. The number of carbonyl (C=O) groups excluding carboxylic acids is 1. The maximum absolute atomic E-state index is 12.7. The second-order valence-corrected chi connectivity index (χ2v) is 7.53. The lowest BCUT2D eigenvalue weighted by atomic mass is 10.2. The molecule has 5 nitrogen and oxygen atoms in total. The molecule has 0 aliphatic rings. The zero-order chi connectivity index (χ0) is 21.1. The van der Waals surface area contributed by atoms with E-state index in [2.05, 4.69) is 9.88 Å². The molecular formula is C24H22ClN3O2. The number of nitrogens with one attached hydrogen (secondary N) is 1. The van der Waals surface area contributed by atoms with Crippen molar-refractivity contribution in [3.05, 3.63) is 94.8 Å². The quantitative estimate of drug-likeness (QED) is 0.465. The first kappa shape index (κ1) is 20.0. The number of benzene rings is 3. The first-order valence-electron chi connectivity index (χ1n) is 9.69. The van der Waals surface area contributed by atoms with E-state index >= 15 is 0 Å². The van der Waals surface area contributed by atoms with Gasteiger partial charge in [-0.15, -0.1) is 0 Å². The molecule has 0 fully saturated rings. The van der Waals surface area contributed by atoms with Crippen LogP contribution in [0.3, 0.4) is 0 Å². The first-order valence-corrected chi connectivity index (χ1v) is 10.1. The molecule has 30 heavy (non-hydrogen) atoms. The number of carbonyl (C=O) groups is 1. The predicted octanol–water partition coefficient (Wildman–Crippen LogP) is 5.24. The molecule has 1 N–H and O–H groups in total. The summed E-state index contributed by atoms with van der Waals surface area (Å²) >= 11 is 6.03. The Bertz CT molecular complexity index is 1180. The summed E-state index contributed by atoms with van der Waals surface area (Å²) in [4.78, 5) is 17.5. The van der Waals surface area contributed by atoms with Crippen molar-refractivity contribution >= 4 is 28.5 Å². The number of fused-ring (bicyclic) bond motifs is 1. The van der Waals surface area contributed by atoms with Crippen molar-refractivity contribution in [3.8, 4) is 5.75 Å². The summed E-state index contributed by atoms with van der Waals surface area (Å²) in [6, 6.07) is 22.6. The molecule has 0 aliphatic carbocycles. The molecule has 4 rings (SSSR count). The number of imidazole rings is 1. The van der Waals surface area contributed by atoms with Gasteiger partial charge in [0.05, 0.1) is 24.2 Å². The van der Waals surface area contributed by atoms with Crippen molar-refractivity contribution in [1.29, 1.82) is 0 Å². The Hall–Kier alpha value is -3.31. The number of ether oxygens (including phenoxy) is 1. The normalized spacial score (nSPS) is 12.0. The molecule has 6 heteroatoms. The van der Waals surface area contributed by atoms with E-state index in [1.165, 1.54) is 0 Å². The van der Waals surface area contributed by atoms with Crippen LogP contribution in [-0.2, 0) is 6.54 Å². The minimum absolute atomic E-state index is 0.187. The summed E-state index contributed by atoms with van der Waals surface area (Å²) in [5, 5.41) is 3.57. The summed E-state index contributed by atoms with van der Waals surface area (Å²) in [5.74, 6) is 1.42. The van der Waals surface area contributed by atoms with Gasteiger partial charge < -0.3 is 14.6 Å². The minimum Gasteiger partial charge on any atom is -0.497 e. The van der Waals surface area contributed by atoms with Crippen LogP contribution in [0.5, 0.6) is 5.75 Å². The van der Waals surface area contributed by atoms with Crippen molar-refractivity contribution in [1.82, 2.24) is 14.9 Å². The highest BCUT2D eigenvalue weighted by Gasteiger charge is 2.19. The monoisotopic (exact) mass is 419 g/mol. The molecule has 1 heterocycles. The predicted molar refractivity (Wildman–Crippen MR) is 119 cm³/mol. The second kappa shape index (κ2) is 8.59. The van der Waals surface area contributed by atoms with Crippen LogP contribution >= 0.6 is 11.6 Å². The average molecular weight is 420 g/mol. The van der Waals surface area contributed by atoms with E-state index in [9.17, 15) is 4.79 Å². The van der Waals surface area contributed by atoms with Crippen LogP contribution in [0, 0.1) is 0 Å². The highest BCUT2D eigenvalue weighted by Crippen LogP contribution is 2.23. The molecule has 0 saturated heterocycles. The van der Waals surface area contributed by atoms with Gasteiger partial charge in [-0.3, -0.25) is 4.79 Å². The molecule has 0 aliphatic heterocycles. The third-order valence-corrected chi connectivity index (χ3v) is 5.24. The van der Waals surface area contributed by atoms with E-state index in [0.29, 0.717) is 17.1 Å². The molecule has 1 atom stereocenters. The van der Waals surface area contributed by atoms with Crippen LogP contribution in [0.1, 0.15) is 34.7 Å². The van der Waals surface area contributed by atoms with Crippen LogP contribution in [0.4, 0.5) is 0 Å². The third-order valence-electron chi connectivity index (χ3n) is 5.01. The fourth-order valence-electron chi connectivity index (χ4n) is 3.48. The largest absolute Gasteiger partial charge is 0.497 e. The highest BCUT2D eigenvalue weighted by atomic mass is 35.5. The molecule has 0 saturated carbocycles. The maximum Gasteiger partial charge on any atom is 0.251 e. The first-order chi connectivity index (χ1) is 14.5. The number of hydrogen-bond acceptors (Lipinski definition) is 3. The van der Waals surface area contributed by atoms with Gasteiger partial charge in [-0.1, -0.05) is 41.9 Å². The summed E-state index contributed by atoms with van der Waals surface area (Å²) in [5.41, 5.74) is 3.55. The van der Waals surface area contributed by atoms with Gasteiger partial charge in [0.15, 0.2) is 0 Å². The van der Waals surface area contributed by atoms with Gasteiger partial charge in [0.2, 0.25) is 0 Å². The third kappa shape index (κ3) is 4.16. The lowest BCUT2D eigenvalue weighted by Gasteiger charge is -2.17. The molecule has 4 aromatic rings. The Kier molecular flexibility index (Phi) is 5.72. The van der Waals surface area contributed by atoms with Crippen LogP contribution in [0.15, 0.2) is 72.8 Å². The van der Waals surface area contributed by atoms with Crippen LogP contribution in [0.25, 0.3) is 11.0 Å². The summed E-state index contributed by atoms with van der Waals surface area (Å²) in [6.07, 6.45) is 0. The molecule has 1 aromatic heterocycles. The molecule has 3 aromatic carbocycles. The van der Waals surface area contributed by atoms with E-state index in [0.717, 1.165) is 28.2 Å². The standard InChI is InChI=1S/C24H22ClN3O2/c1-16(26-24(29)18-6-5-7-19(25)14-18)23-27-21-8-3-4-9-22(21)28(23)15-17-10-12-20(30-2)13-11-17/h3-14,16H,15H2,1-2H3,(H,26,29). The zero-order valence-electron chi connectivity index (χ0n) is 16.8. The van der Waals surface area contributed by atoms with Crippen molar-refractivity contribution in [2.24, 2.45) is 0 Å². The van der Waals surface area contributed by atoms with E-state index < -0.39 is 0 Å². The molecule has 0 radical (unpaired) electrons. The number of para-hydroxylation sites is 2. The van der Waals surface area contributed by atoms with E-state index in [1.54, 1.807) is 31.4 Å². The van der Waals surface area contributed by atoms with Crippen molar-refractivity contribution < 1.29 is 9.53 Å². The molecule has 1 unspecified atom stereocenters. The fraction of sp³-hybridized carbons (Fsp3) is 0.167. The Morgan fingerprint density at radius 2 is 1.87 bits per heavy atom. The van der Waals surface area contributed by atoms with Crippen molar-refractivity contribution in [2.45, 2.75) is 19.5 Å². The zero-order valence-corrected chi connectivity index (χ0v) is 17.6. The van der Waals surface area contributed by atoms with Gasteiger partial charge in [0.1, 0.15) is 11.6 Å². The summed E-state index contributed by atoms with van der Waals surface area (Å²) < 4.78 is 7.39. The van der Waals surface area contributed by atoms with Gasteiger partial charge in [-0.25, -0.2) is 4.98 Å². The number of methoxy groups -OCH3 is 1. The van der Waals surface area contributed by atoms with E-state index in [-0.39, 0.29) is 11.9 Å². The Balaban J connectivity index is 1.65. The molecule has 0 bridgehead atoms. The summed E-state index contributed by atoms with van der Waals surface area (Å²) in [6.45, 7) is 2.57. The number of halogens is 1. The Labute approximate surface area is 180 Å². The van der Waals surface area contributed by atoms with Gasteiger partial charge in [-0.2, -0.15) is 0 Å². The van der Waals surface area contributed by atoms with E-state index in [4.69, 9.17) is 21.3 Å². The molecular weight excluding hydrogens is 398 g/mol. The number of hydrogen-bond donors (Lipinski definition) is 1. The van der Waals surface area contributed by atoms with Gasteiger partial charge in [0.25, 0.3) is 5.91 Å². The minimum atomic E-state index is -0.290. The lowest BCUT2D eigenvalue weighted by Crippen LogP contribution is -2.28. The Morgan fingerprint density at radius 1 is 1.10 bits per heavy atom. The van der Waals surface area contributed by atoms with Gasteiger partial charge >= 0.3 is 0 Å². The SMILES string of the molecule is COc1ccc(Cn2c(C(C)NC(=O)c3cccc(Cl)c3)nc3ccccc32)cc1. The van der Waals surface area contributed by atoms with Crippen LogP contribution < -0.4 is 10.1 Å². The second-order valence-electron chi connectivity index (χ2n) is 7.10. The molecule has 1 amide bonds. The van der Waals surface area contributed by atoms with Gasteiger partial charge in [-0.05, 0) is 55.0 Å².